The summed E-state index contributed by atoms with van der Waals surface area (Å²) in [6.45, 7) is 0. The molecule has 0 saturated carbocycles. The van der Waals surface area contributed by atoms with Gasteiger partial charge < -0.3 is 9.64 Å². The van der Waals surface area contributed by atoms with Crippen LogP contribution in [-0.2, 0) is 0 Å². The minimum Gasteiger partial charge on any atom is -0.438 e. The molecular weight excluding hydrogens is 372 g/mol. The fourth-order valence-corrected chi connectivity index (χ4v) is 4.14. The van der Waals surface area contributed by atoms with Crippen molar-refractivity contribution >= 4 is 34.3 Å². The number of para-hydroxylation sites is 3. The summed E-state index contributed by atoms with van der Waals surface area (Å²) in [5.74, 6) is 2.34. The first kappa shape index (κ1) is 17.0. The van der Waals surface area contributed by atoms with Crippen LogP contribution in [0.2, 0.25) is 0 Å². The third kappa shape index (κ3) is 2.48. The van der Waals surface area contributed by atoms with E-state index in [1.54, 1.807) is 0 Å². The van der Waals surface area contributed by atoms with Crippen molar-refractivity contribution in [2.24, 2.45) is 4.99 Å². The van der Waals surface area contributed by atoms with Gasteiger partial charge in [0.05, 0.1) is 16.6 Å². The van der Waals surface area contributed by atoms with E-state index < -0.39 is 0 Å². The van der Waals surface area contributed by atoms with Crippen molar-refractivity contribution in [3.05, 3.63) is 89.7 Å². The van der Waals surface area contributed by atoms with Crippen molar-refractivity contribution in [2.45, 2.75) is 6.17 Å². The molecule has 0 aliphatic carbocycles. The predicted molar refractivity (Wildman–Crippen MR) is 121 cm³/mol. The number of anilines is 1. The fraction of sp³-hybridized carbons (Fsp3) is 0.120. The number of fused-ring (bicyclic) bond motifs is 6. The van der Waals surface area contributed by atoms with Gasteiger partial charge in [0.15, 0.2) is 6.17 Å². The van der Waals surface area contributed by atoms with Gasteiger partial charge in [-0.25, -0.2) is 9.98 Å². The highest BCUT2D eigenvalue weighted by Crippen LogP contribution is 2.40. The standard InChI is InChI=1S/C25H20N4O/c1-28(2)18-13-11-16(12-14-18)23-27-25-19(15-17-7-3-6-10-22(17)30-25)24-26-20-8-4-5-9-21(20)29(23)24/h3-15,23H,1-2H3. The second kappa shape index (κ2) is 6.32. The molecular formula is C25H20N4O. The number of aliphatic imine (C=N–C) groups is 1. The first-order valence-electron chi connectivity index (χ1n) is 10.0. The van der Waals surface area contributed by atoms with Gasteiger partial charge in [-0.15, -0.1) is 0 Å². The van der Waals surface area contributed by atoms with Crippen LogP contribution < -0.4 is 9.64 Å². The molecule has 0 N–H and O–H groups in total. The molecule has 2 aliphatic heterocycles. The molecule has 30 heavy (non-hydrogen) atoms. The summed E-state index contributed by atoms with van der Waals surface area (Å²) >= 11 is 0. The molecule has 3 aromatic carbocycles. The maximum absolute atomic E-state index is 6.22. The fourth-order valence-electron chi connectivity index (χ4n) is 4.14. The molecule has 2 aliphatic rings. The van der Waals surface area contributed by atoms with Crippen LogP contribution in [0.4, 0.5) is 5.69 Å². The number of aromatic nitrogens is 2. The van der Waals surface area contributed by atoms with E-state index in [9.17, 15) is 0 Å². The summed E-state index contributed by atoms with van der Waals surface area (Å²) in [5.41, 5.74) is 6.24. The quantitative estimate of drug-likeness (QED) is 0.482. The molecule has 0 saturated heterocycles. The van der Waals surface area contributed by atoms with Gasteiger partial charge in [-0.1, -0.05) is 42.5 Å². The van der Waals surface area contributed by atoms with E-state index in [0.29, 0.717) is 5.90 Å². The first-order chi connectivity index (χ1) is 14.7. The SMILES string of the molecule is CN(C)c1ccc(C2N=C3Oc4ccccc4C=C3c3nc4ccccc4n32)cc1. The van der Waals surface area contributed by atoms with E-state index in [1.165, 1.54) is 0 Å². The molecule has 1 unspecified atom stereocenters. The number of nitrogens with zero attached hydrogens (tertiary/aromatic N) is 4. The third-order valence-corrected chi connectivity index (χ3v) is 5.68. The van der Waals surface area contributed by atoms with Crippen molar-refractivity contribution < 1.29 is 4.74 Å². The normalized spacial score (nSPS) is 16.7. The Balaban J connectivity index is 1.59. The second-order valence-corrected chi connectivity index (χ2v) is 7.79. The third-order valence-electron chi connectivity index (χ3n) is 5.68. The monoisotopic (exact) mass is 392 g/mol. The Morgan fingerprint density at radius 3 is 2.50 bits per heavy atom. The van der Waals surface area contributed by atoms with E-state index in [1.807, 2.05) is 50.5 Å². The lowest BCUT2D eigenvalue weighted by atomic mass is 10.0. The maximum Gasteiger partial charge on any atom is 0.228 e. The van der Waals surface area contributed by atoms with Crippen LogP contribution in [0, 0.1) is 0 Å². The summed E-state index contributed by atoms with van der Waals surface area (Å²) in [7, 11) is 4.09. The number of ether oxygens (including phenoxy) is 1. The minimum atomic E-state index is -0.235. The highest BCUT2D eigenvalue weighted by molar-refractivity contribution is 6.26. The molecule has 1 aromatic heterocycles. The minimum absolute atomic E-state index is 0.235. The van der Waals surface area contributed by atoms with Gasteiger partial charge in [-0.2, -0.15) is 0 Å². The average Bonchev–Trinajstić information content (AvgIpc) is 3.17. The zero-order chi connectivity index (χ0) is 20.2. The number of benzene rings is 3. The van der Waals surface area contributed by atoms with Crippen LogP contribution in [0.5, 0.6) is 5.75 Å². The number of hydrogen-bond acceptors (Lipinski definition) is 4. The molecule has 5 heteroatoms. The van der Waals surface area contributed by atoms with Gasteiger partial charge in [0, 0.05) is 25.3 Å². The predicted octanol–water partition coefficient (Wildman–Crippen LogP) is 4.99. The van der Waals surface area contributed by atoms with E-state index in [4.69, 9.17) is 14.7 Å². The summed E-state index contributed by atoms with van der Waals surface area (Å²) < 4.78 is 8.44. The topological polar surface area (TPSA) is 42.6 Å². The van der Waals surface area contributed by atoms with Crippen molar-refractivity contribution in [1.29, 1.82) is 0 Å². The van der Waals surface area contributed by atoms with Crippen LogP contribution >= 0.6 is 0 Å². The lowest BCUT2D eigenvalue weighted by Gasteiger charge is -2.28. The molecule has 6 rings (SSSR count). The molecule has 0 radical (unpaired) electrons. The van der Waals surface area contributed by atoms with Gasteiger partial charge >= 0.3 is 0 Å². The summed E-state index contributed by atoms with van der Waals surface area (Å²) in [4.78, 5) is 12.1. The number of hydrogen-bond donors (Lipinski definition) is 0. The average molecular weight is 392 g/mol. The molecule has 5 nitrogen and oxygen atoms in total. The van der Waals surface area contributed by atoms with E-state index in [0.717, 1.165) is 45.0 Å². The Bertz CT molecular complexity index is 1350. The second-order valence-electron chi connectivity index (χ2n) is 7.79. The molecule has 0 spiro atoms. The highest BCUT2D eigenvalue weighted by atomic mass is 16.5. The van der Waals surface area contributed by atoms with Crippen molar-refractivity contribution in [3.8, 4) is 5.75 Å². The molecule has 3 heterocycles. The lowest BCUT2D eigenvalue weighted by Crippen LogP contribution is -2.26. The largest absolute Gasteiger partial charge is 0.438 e. The van der Waals surface area contributed by atoms with Crippen molar-refractivity contribution in [1.82, 2.24) is 9.55 Å². The Morgan fingerprint density at radius 2 is 1.67 bits per heavy atom. The Hall–Kier alpha value is -3.86. The van der Waals surface area contributed by atoms with Gasteiger partial charge in [-0.3, -0.25) is 4.57 Å². The van der Waals surface area contributed by atoms with Crippen LogP contribution in [0.1, 0.15) is 23.1 Å². The van der Waals surface area contributed by atoms with Gasteiger partial charge in [-0.05, 0) is 42.0 Å². The van der Waals surface area contributed by atoms with Crippen LogP contribution in [0.15, 0.2) is 77.8 Å². The smallest absolute Gasteiger partial charge is 0.228 e. The highest BCUT2D eigenvalue weighted by Gasteiger charge is 2.33. The lowest BCUT2D eigenvalue weighted by molar-refractivity contribution is 0.516. The van der Waals surface area contributed by atoms with E-state index in [-0.39, 0.29) is 6.17 Å². The number of rotatable bonds is 2. The maximum atomic E-state index is 6.22. The molecule has 0 fully saturated rings. The zero-order valence-corrected chi connectivity index (χ0v) is 16.8. The van der Waals surface area contributed by atoms with Crippen molar-refractivity contribution in [3.63, 3.8) is 0 Å². The van der Waals surface area contributed by atoms with Crippen molar-refractivity contribution in [2.75, 3.05) is 19.0 Å². The summed E-state index contributed by atoms with van der Waals surface area (Å²) in [6, 6.07) is 24.7. The molecule has 4 aromatic rings. The van der Waals surface area contributed by atoms with Gasteiger partial charge in [0.25, 0.3) is 0 Å². The summed E-state index contributed by atoms with van der Waals surface area (Å²) in [6.07, 6.45) is 1.89. The summed E-state index contributed by atoms with van der Waals surface area (Å²) in [5, 5.41) is 0. The number of imidazole rings is 1. The molecule has 0 amide bonds. The van der Waals surface area contributed by atoms with Crippen LogP contribution in [0.25, 0.3) is 22.7 Å². The molecule has 1 atom stereocenters. The van der Waals surface area contributed by atoms with E-state index >= 15 is 0 Å². The molecule has 0 bridgehead atoms. The van der Waals surface area contributed by atoms with E-state index in [2.05, 4.69) is 51.9 Å². The molecule has 146 valence electrons. The van der Waals surface area contributed by atoms with Crippen LogP contribution in [0.3, 0.4) is 0 Å². The Morgan fingerprint density at radius 1 is 0.900 bits per heavy atom. The van der Waals surface area contributed by atoms with Gasteiger partial charge in [0.2, 0.25) is 5.90 Å². The van der Waals surface area contributed by atoms with Gasteiger partial charge in [0.1, 0.15) is 11.6 Å². The zero-order valence-electron chi connectivity index (χ0n) is 16.8. The Kier molecular flexibility index (Phi) is 3.59. The van der Waals surface area contributed by atoms with Crippen LogP contribution in [-0.4, -0.2) is 29.5 Å². The Labute approximate surface area is 174 Å². The first-order valence-corrected chi connectivity index (χ1v) is 10.0.